The second-order valence-corrected chi connectivity index (χ2v) is 6.64. The number of halogens is 1. The molecule has 1 rings (SSSR count). The average molecular weight is 335 g/mol. The van der Waals surface area contributed by atoms with Crippen molar-refractivity contribution in [2.75, 3.05) is 14.1 Å². The van der Waals surface area contributed by atoms with Gasteiger partial charge in [-0.25, -0.2) is 13.2 Å². The molecule has 0 saturated heterocycles. The molecule has 9 heteroatoms. The maximum absolute atomic E-state index is 12.1. The summed E-state index contributed by atoms with van der Waals surface area (Å²) in [7, 11) is -1.03. The first-order chi connectivity index (χ1) is 9.56. The van der Waals surface area contributed by atoms with Crippen LogP contribution in [0.5, 0.6) is 0 Å². The summed E-state index contributed by atoms with van der Waals surface area (Å²) in [6.45, 7) is 1.40. The first-order valence-corrected chi connectivity index (χ1v) is 7.68. The maximum atomic E-state index is 12.1. The van der Waals surface area contributed by atoms with Crippen molar-refractivity contribution in [1.29, 1.82) is 0 Å². The first-order valence-electron chi connectivity index (χ1n) is 5.82. The number of carbonyl (C=O) groups excluding carboxylic acids is 1. The predicted octanol–water partition coefficient (Wildman–Crippen LogP) is 0.793. The Morgan fingerprint density at radius 1 is 1.33 bits per heavy atom. The molecule has 0 aliphatic heterocycles. The van der Waals surface area contributed by atoms with Crippen LogP contribution in [0.15, 0.2) is 23.1 Å². The van der Waals surface area contributed by atoms with Gasteiger partial charge in [-0.1, -0.05) is 11.6 Å². The normalized spacial score (nSPS) is 12.8. The highest BCUT2D eigenvalue weighted by Gasteiger charge is 2.24. The quantitative estimate of drug-likeness (QED) is 0.828. The molecule has 2 N–H and O–H groups in total. The summed E-state index contributed by atoms with van der Waals surface area (Å²) in [5.74, 6) is -1.76. The number of carboxylic acids is 1. The Morgan fingerprint density at radius 3 is 2.38 bits per heavy atom. The number of benzene rings is 1. The Bertz CT molecular complexity index is 672. The van der Waals surface area contributed by atoms with Gasteiger partial charge >= 0.3 is 5.97 Å². The van der Waals surface area contributed by atoms with Crippen molar-refractivity contribution in [3.05, 3.63) is 28.8 Å². The number of hydrogen-bond donors (Lipinski definition) is 2. The van der Waals surface area contributed by atoms with Gasteiger partial charge < -0.3 is 10.0 Å². The molecule has 1 amide bonds. The summed E-state index contributed by atoms with van der Waals surface area (Å²) in [5, 5.41) is 8.87. The standard InChI is InChI=1S/C12H15ClN2O5S/c1-7(11(16)15(2)3)14-21(19,20)8-4-5-10(13)9(6-8)12(17)18/h4-7,14H,1-3H3,(H,17,18). The second-order valence-electron chi connectivity index (χ2n) is 4.52. The van der Waals surface area contributed by atoms with Crippen LogP contribution in [0.1, 0.15) is 17.3 Å². The van der Waals surface area contributed by atoms with E-state index < -0.39 is 27.9 Å². The van der Waals surface area contributed by atoms with Crippen molar-refractivity contribution >= 4 is 33.5 Å². The van der Waals surface area contributed by atoms with Gasteiger partial charge in [0.2, 0.25) is 15.9 Å². The SMILES string of the molecule is CC(NS(=O)(=O)c1ccc(Cl)c(C(=O)O)c1)C(=O)N(C)C. The second kappa shape index (κ2) is 6.42. The van der Waals surface area contributed by atoms with Crippen molar-refractivity contribution in [2.45, 2.75) is 17.9 Å². The van der Waals surface area contributed by atoms with Crippen LogP contribution in [0, 0.1) is 0 Å². The monoisotopic (exact) mass is 334 g/mol. The van der Waals surface area contributed by atoms with Gasteiger partial charge in [-0.2, -0.15) is 4.72 Å². The highest BCUT2D eigenvalue weighted by Crippen LogP contribution is 2.20. The molecule has 0 spiro atoms. The van der Waals surface area contributed by atoms with E-state index in [0.717, 1.165) is 6.07 Å². The maximum Gasteiger partial charge on any atom is 0.337 e. The van der Waals surface area contributed by atoms with Crippen molar-refractivity contribution < 1.29 is 23.1 Å². The third-order valence-corrected chi connectivity index (χ3v) is 4.49. The molecular formula is C12H15ClN2O5S. The minimum atomic E-state index is -4.03. The van der Waals surface area contributed by atoms with E-state index in [1.165, 1.54) is 38.1 Å². The molecule has 0 fully saturated rings. The highest BCUT2D eigenvalue weighted by molar-refractivity contribution is 7.89. The third-order valence-electron chi connectivity index (χ3n) is 2.62. The Morgan fingerprint density at radius 2 is 1.90 bits per heavy atom. The summed E-state index contributed by atoms with van der Waals surface area (Å²) in [4.78, 5) is 23.6. The first kappa shape index (κ1) is 17.4. The van der Waals surface area contributed by atoms with Crippen molar-refractivity contribution in [3.8, 4) is 0 Å². The molecule has 1 aromatic rings. The number of likely N-dealkylation sites (N-methyl/N-ethyl adjacent to an activating group) is 1. The topological polar surface area (TPSA) is 104 Å². The van der Waals surface area contributed by atoms with Gasteiger partial charge in [0.15, 0.2) is 0 Å². The van der Waals surface area contributed by atoms with Gasteiger partial charge in [0, 0.05) is 14.1 Å². The molecule has 116 valence electrons. The average Bonchev–Trinajstić information content (AvgIpc) is 2.36. The van der Waals surface area contributed by atoms with Gasteiger partial charge in [-0.3, -0.25) is 4.79 Å². The third kappa shape index (κ3) is 4.16. The molecule has 1 unspecified atom stereocenters. The van der Waals surface area contributed by atoms with E-state index in [1.807, 2.05) is 0 Å². The van der Waals surface area contributed by atoms with Crippen LogP contribution in [0.3, 0.4) is 0 Å². The van der Waals surface area contributed by atoms with Crippen LogP contribution >= 0.6 is 11.6 Å². The fourth-order valence-corrected chi connectivity index (χ4v) is 2.99. The number of carboxylic acid groups (broad SMARTS) is 1. The zero-order chi connectivity index (χ0) is 16.4. The van der Waals surface area contributed by atoms with E-state index in [9.17, 15) is 18.0 Å². The lowest BCUT2D eigenvalue weighted by atomic mass is 10.2. The number of nitrogens with one attached hydrogen (secondary N) is 1. The van der Waals surface area contributed by atoms with E-state index in [1.54, 1.807) is 0 Å². The summed E-state index contributed by atoms with van der Waals surface area (Å²) in [6.07, 6.45) is 0. The number of carbonyl (C=O) groups is 2. The summed E-state index contributed by atoms with van der Waals surface area (Å²) < 4.78 is 26.5. The van der Waals surface area contributed by atoms with Crippen LogP contribution in [0.4, 0.5) is 0 Å². The van der Waals surface area contributed by atoms with Crippen LogP contribution in [0.2, 0.25) is 5.02 Å². The highest BCUT2D eigenvalue weighted by atomic mass is 35.5. The molecule has 7 nitrogen and oxygen atoms in total. The molecular weight excluding hydrogens is 320 g/mol. The summed E-state index contributed by atoms with van der Waals surface area (Å²) in [5.41, 5.74) is -0.328. The van der Waals surface area contributed by atoms with Crippen molar-refractivity contribution in [1.82, 2.24) is 9.62 Å². The number of aromatic carboxylic acids is 1. The molecule has 0 aliphatic rings. The molecule has 0 aromatic heterocycles. The number of hydrogen-bond acceptors (Lipinski definition) is 4. The molecule has 0 bridgehead atoms. The molecule has 0 heterocycles. The van der Waals surface area contributed by atoms with Crippen LogP contribution in [-0.4, -0.2) is 50.4 Å². The minimum Gasteiger partial charge on any atom is -0.478 e. The van der Waals surface area contributed by atoms with E-state index in [4.69, 9.17) is 16.7 Å². The fourth-order valence-electron chi connectivity index (χ4n) is 1.57. The van der Waals surface area contributed by atoms with Gasteiger partial charge in [0.1, 0.15) is 0 Å². The zero-order valence-electron chi connectivity index (χ0n) is 11.6. The van der Waals surface area contributed by atoms with E-state index in [2.05, 4.69) is 4.72 Å². The Hall–Kier alpha value is -1.64. The van der Waals surface area contributed by atoms with Gasteiger partial charge in [-0.05, 0) is 25.1 Å². The summed E-state index contributed by atoms with van der Waals surface area (Å²) in [6, 6.07) is 2.32. The smallest absolute Gasteiger partial charge is 0.337 e. The van der Waals surface area contributed by atoms with E-state index >= 15 is 0 Å². The van der Waals surface area contributed by atoms with Crippen LogP contribution < -0.4 is 4.72 Å². The Labute approximate surface area is 127 Å². The Kier molecular flexibility index (Phi) is 5.32. The lowest BCUT2D eigenvalue weighted by molar-refractivity contribution is -0.130. The fraction of sp³-hybridized carbons (Fsp3) is 0.333. The number of amides is 1. The number of rotatable bonds is 5. The largest absolute Gasteiger partial charge is 0.478 e. The molecule has 0 radical (unpaired) electrons. The van der Waals surface area contributed by atoms with Gasteiger partial charge in [0.05, 0.1) is 21.5 Å². The number of sulfonamides is 1. The van der Waals surface area contributed by atoms with E-state index in [-0.39, 0.29) is 15.5 Å². The molecule has 1 aromatic carbocycles. The van der Waals surface area contributed by atoms with Crippen molar-refractivity contribution in [2.24, 2.45) is 0 Å². The molecule has 21 heavy (non-hydrogen) atoms. The summed E-state index contributed by atoms with van der Waals surface area (Å²) >= 11 is 5.68. The molecule has 1 atom stereocenters. The molecule has 0 saturated carbocycles. The zero-order valence-corrected chi connectivity index (χ0v) is 13.2. The van der Waals surface area contributed by atoms with Crippen LogP contribution in [-0.2, 0) is 14.8 Å². The Balaban J connectivity index is 3.12. The lowest BCUT2D eigenvalue weighted by Crippen LogP contribution is -2.44. The lowest BCUT2D eigenvalue weighted by Gasteiger charge is -2.18. The molecule has 0 aliphatic carbocycles. The van der Waals surface area contributed by atoms with Gasteiger partial charge in [0.25, 0.3) is 0 Å². The van der Waals surface area contributed by atoms with Crippen molar-refractivity contribution in [3.63, 3.8) is 0 Å². The number of nitrogens with zero attached hydrogens (tertiary/aromatic N) is 1. The van der Waals surface area contributed by atoms with Gasteiger partial charge in [-0.15, -0.1) is 0 Å². The van der Waals surface area contributed by atoms with Crippen LogP contribution in [0.25, 0.3) is 0 Å². The van der Waals surface area contributed by atoms with E-state index in [0.29, 0.717) is 0 Å². The minimum absolute atomic E-state index is 0.0705. The predicted molar refractivity (Wildman–Crippen MR) is 76.9 cm³/mol.